The van der Waals surface area contributed by atoms with E-state index in [4.69, 9.17) is 10.3 Å². The van der Waals surface area contributed by atoms with Crippen LogP contribution in [0.25, 0.3) is 0 Å². The fourth-order valence-electron chi connectivity index (χ4n) is 1.69. The molecule has 0 aromatic carbocycles. The van der Waals surface area contributed by atoms with Gasteiger partial charge in [0.05, 0.1) is 0 Å². The summed E-state index contributed by atoms with van der Waals surface area (Å²) in [6.45, 7) is 6.25. The van der Waals surface area contributed by atoms with Crippen molar-refractivity contribution >= 4 is 17.8 Å². The first-order chi connectivity index (χ1) is 9.72. The average Bonchev–Trinajstić information content (AvgIpc) is 2.93. The van der Waals surface area contributed by atoms with Crippen LogP contribution in [0.1, 0.15) is 19.7 Å². The predicted molar refractivity (Wildman–Crippen MR) is 74.3 cm³/mol. The first-order valence-electron chi connectivity index (χ1n) is 6.48. The Balaban J connectivity index is 2.00. The number of hydrogen-bond donors (Lipinski definition) is 2. The van der Waals surface area contributed by atoms with Gasteiger partial charge in [0.15, 0.2) is 6.33 Å². The SMILES string of the molecule is CCN(CC)c1nc(N)nc(NCCc2ncno2)n1. The largest absolute Gasteiger partial charge is 0.368 e. The van der Waals surface area contributed by atoms with Crippen molar-refractivity contribution in [2.45, 2.75) is 20.3 Å². The van der Waals surface area contributed by atoms with E-state index in [9.17, 15) is 0 Å². The van der Waals surface area contributed by atoms with E-state index in [0.29, 0.717) is 30.8 Å². The number of hydrogen-bond acceptors (Lipinski definition) is 9. The quantitative estimate of drug-likeness (QED) is 0.738. The minimum absolute atomic E-state index is 0.196. The van der Waals surface area contributed by atoms with Crippen LogP contribution in [-0.4, -0.2) is 44.7 Å². The van der Waals surface area contributed by atoms with Gasteiger partial charge in [-0.2, -0.15) is 19.9 Å². The highest BCUT2D eigenvalue weighted by atomic mass is 16.5. The average molecular weight is 278 g/mol. The summed E-state index contributed by atoms with van der Waals surface area (Å²) in [4.78, 5) is 18.5. The van der Waals surface area contributed by atoms with Crippen LogP contribution in [0.5, 0.6) is 0 Å². The number of aromatic nitrogens is 5. The molecule has 0 aliphatic rings. The molecule has 2 aromatic heterocycles. The van der Waals surface area contributed by atoms with Crippen molar-refractivity contribution in [3.05, 3.63) is 12.2 Å². The molecule has 0 unspecified atom stereocenters. The first kappa shape index (κ1) is 14.0. The monoisotopic (exact) mass is 278 g/mol. The van der Waals surface area contributed by atoms with Gasteiger partial charge in [-0.15, -0.1) is 0 Å². The van der Waals surface area contributed by atoms with Crippen molar-refractivity contribution in [1.29, 1.82) is 0 Å². The zero-order chi connectivity index (χ0) is 14.4. The summed E-state index contributed by atoms with van der Waals surface area (Å²) in [5.41, 5.74) is 5.70. The molecule has 0 saturated carbocycles. The fourth-order valence-corrected chi connectivity index (χ4v) is 1.69. The fraction of sp³-hybridized carbons (Fsp3) is 0.545. The van der Waals surface area contributed by atoms with Crippen LogP contribution < -0.4 is 16.0 Å². The molecule has 0 aliphatic carbocycles. The van der Waals surface area contributed by atoms with Crippen LogP contribution >= 0.6 is 0 Å². The molecule has 2 heterocycles. The van der Waals surface area contributed by atoms with E-state index >= 15 is 0 Å². The van der Waals surface area contributed by atoms with E-state index in [2.05, 4.69) is 30.4 Å². The highest BCUT2D eigenvalue weighted by Crippen LogP contribution is 2.11. The van der Waals surface area contributed by atoms with Crippen LogP contribution in [0.3, 0.4) is 0 Å². The molecule has 0 fully saturated rings. The molecular weight excluding hydrogens is 260 g/mol. The van der Waals surface area contributed by atoms with Crippen molar-refractivity contribution in [1.82, 2.24) is 25.1 Å². The molecule has 0 aliphatic heterocycles. The van der Waals surface area contributed by atoms with E-state index < -0.39 is 0 Å². The Morgan fingerprint density at radius 1 is 1.25 bits per heavy atom. The molecule has 0 saturated heterocycles. The number of anilines is 3. The van der Waals surface area contributed by atoms with Gasteiger partial charge >= 0.3 is 0 Å². The lowest BCUT2D eigenvalue weighted by molar-refractivity contribution is 0.379. The number of nitrogens with two attached hydrogens (primary N) is 1. The van der Waals surface area contributed by atoms with Crippen molar-refractivity contribution in [2.24, 2.45) is 0 Å². The third-order valence-electron chi connectivity index (χ3n) is 2.72. The molecule has 0 bridgehead atoms. The smallest absolute Gasteiger partial charge is 0.231 e. The molecule has 0 spiro atoms. The topological polar surface area (TPSA) is 119 Å². The Morgan fingerprint density at radius 2 is 2.05 bits per heavy atom. The summed E-state index contributed by atoms with van der Waals surface area (Å²) in [5.74, 6) is 1.77. The Bertz CT molecular complexity index is 525. The van der Waals surface area contributed by atoms with Gasteiger partial charge in [-0.05, 0) is 13.8 Å². The van der Waals surface area contributed by atoms with Crippen LogP contribution in [0, 0.1) is 0 Å². The minimum atomic E-state index is 0.196. The highest BCUT2D eigenvalue weighted by molar-refractivity contribution is 5.41. The summed E-state index contributed by atoms with van der Waals surface area (Å²) >= 11 is 0. The Morgan fingerprint density at radius 3 is 2.70 bits per heavy atom. The molecule has 108 valence electrons. The van der Waals surface area contributed by atoms with Gasteiger partial charge in [-0.25, -0.2) is 0 Å². The predicted octanol–water partition coefficient (Wildman–Crippen LogP) is 0.338. The van der Waals surface area contributed by atoms with E-state index in [1.54, 1.807) is 0 Å². The summed E-state index contributed by atoms with van der Waals surface area (Å²) in [6, 6.07) is 0. The van der Waals surface area contributed by atoms with Crippen LogP contribution in [0.15, 0.2) is 10.9 Å². The zero-order valence-electron chi connectivity index (χ0n) is 11.6. The second-order valence-corrected chi connectivity index (χ2v) is 4.00. The van der Waals surface area contributed by atoms with Crippen LogP contribution in [0.4, 0.5) is 17.8 Å². The Kier molecular flexibility index (Phi) is 4.64. The third-order valence-corrected chi connectivity index (χ3v) is 2.72. The molecule has 0 atom stereocenters. The molecule has 2 aromatic rings. The lowest BCUT2D eigenvalue weighted by Crippen LogP contribution is -2.25. The van der Waals surface area contributed by atoms with E-state index in [1.807, 2.05) is 18.7 Å². The lowest BCUT2D eigenvalue weighted by Gasteiger charge is -2.18. The van der Waals surface area contributed by atoms with E-state index in [0.717, 1.165) is 13.1 Å². The van der Waals surface area contributed by atoms with Crippen molar-refractivity contribution in [3.63, 3.8) is 0 Å². The van der Waals surface area contributed by atoms with Gasteiger partial charge in [-0.3, -0.25) is 0 Å². The summed E-state index contributed by atoms with van der Waals surface area (Å²) in [6.07, 6.45) is 1.96. The number of rotatable bonds is 7. The summed E-state index contributed by atoms with van der Waals surface area (Å²) in [5, 5.41) is 6.61. The van der Waals surface area contributed by atoms with Gasteiger partial charge < -0.3 is 20.5 Å². The third kappa shape index (κ3) is 3.53. The van der Waals surface area contributed by atoms with Gasteiger partial charge in [0.25, 0.3) is 0 Å². The summed E-state index contributed by atoms with van der Waals surface area (Å²) in [7, 11) is 0. The second kappa shape index (κ2) is 6.64. The number of nitrogen functional groups attached to an aromatic ring is 1. The lowest BCUT2D eigenvalue weighted by atomic mass is 10.4. The number of nitrogens with zero attached hydrogens (tertiary/aromatic N) is 6. The van der Waals surface area contributed by atoms with Gasteiger partial charge in [0, 0.05) is 26.1 Å². The van der Waals surface area contributed by atoms with Crippen LogP contribution in [-0.2, 0) is 6.42 Å². The maximum Gasteiger partial charge on any atom is 0.231 e. The number of nitrogens with one attached hydrogen (secondary N) is 1. The molecule has 0 amide bonds. The molecule has 0 radical (unpaired) electrons. The first-order valence-corrected chi connectivity index (χ1v) is 6.48. The second-order valence-electron chi connectivity index (χ2n) is 4.00. The van der Waals surface area contributed by atoms with E-state index in [1.165, 1.54) is 6.33 Å². The molecule has 20 heavy (non-hydrogen) atoms. The van der Waals surface area contributed by atoms with Crippen molar-refractivity contribution < 1.29 is 4.52 Å². The normalized spacial score (nSPS) is 10.5. The highest BCUT2D eigenvalue weighted by Gasteiger charge is 2.09. The van der Waals surface area contributed by atoms with Crippen molar-refractivity contribution in [2.75, 3.05) is 35.6 Å². The Labute approximate surface area is 116 Å². The molecular formula is C11H18N8O. The van der Waals surface area contributed by atoms with E-state index in [-0.39, 0.29) is 5.95 Å². The molecule has 2 rings (SSSR count). The standard InChI is InChI=1S/C11H18N8O/c1-3-19(4-2)11-17-9(12)16-10(18-11)13-6-5-8-14-7-15-20-8/h7H,3-6H2,1-2H3,(H3,12,13,16,17,18). The van der Waals surface area contributed by atoms with Gasteiger partial charge in [-0.1, -0.05) is 5.16 Å². The minimum Gasteiger partial charge on any atom is -0.368 e. The van der Waals surface area contributed by atoms with Crippen LogP contribution in [0.2, 0.25) is 0 Å². The maximum absolute atomic E-state index is 5.70. The van der Waals surface area contributed by atoms with Gasteiger partial charge in [0.1, 0.15) is 0 Å². The maximum atomic E-state index is 5.70. The zero-order valence-corrected chi connectivity index (χ0v) is 11.6. The van der Waals surface area contributed by atoms with Crippen molar-refractivity contribution in [3.8, 4) is 0 Å². The molecule has 3 N–H and O–H groups in total. The summed E-state index contributed by atoms with van der Waals surface area (Å²) < 4.78 is 4.90. The van der Waals surface area contributed by atoms with Gasteiger partial charge in [0.2, 0.25) is 23.7 Å². The Hall–Kier alpha value is -2.45. The molecule has 9 nitrogen and oxygen atoms in total. The molecule has 9 heteroatoms.